The van der Waals surface area contributed by atoms with E-state index in [1.807, 2.05) is 0 Å². The molecule has 0 aliphatic heterocycles. The van der Waals surface area contributed by atoms with E-state index in [-0.39, 0.29) is 74.1 Å². The molecule has 4 nitrogen and oxygen atoms in total. The van der Waals surface area contributed by atoms with Crippen molar-refractivity contribution in [2.75, 3.05) is 0 Å². The second kappa shape index (κ2) is 6.30. The van der Waals surface area contributed by atoms with Gasteiger partial charge < -0.3 is 2.85 Å². The van der Waals surface area contributed by atoms with Gasteiger partial charge in [0.05, 0.1) is 0 Å². The monoisotopic (exact) mass is 419 g/mol. The Kier molecular flexibility index (Phi) is 14.5. The second-order valence-corrected chi connectivity index (χ2v) is 1.34. The van der Waals surface area contributed by atoms with Gasteiger partial charge in [-0.25, -0.2) is 0 Å². The van der Waals surface area contributed by atoms with Crippen LogP contribution in [-0.2, 0) is 32.8 Å². The summed E-state index contributed by atoms with van der Waals surface area (Å²) in [4.78, 5) is 0. The molecule has 0 heterocycles. The molecule has 0 unspecified atom stereocenters. The summed E-state index contributed by atoms with van der Waals surface area (Å²) in [6.07, 6.45) is 0. The summed E-state index contributed by atoms with van der Waals surface area (Å²) in [5, 5.41) is 0. The van der Waals surface area contributed by atoms with Crippen LogP contribution in [-0.4, -0.2) is 66.4 Å². The van der Waals surface area contributed by atoms with Crippen LogP contribution < -0.4 is 0 Å². The fourth-order valence-electron chi connectivity index (χ4n) is 0. The minimum atomic E-state index is -4.67. The van der Waals surface area contributed by atoms with Crippen LogP contribution in [0, 0.1) is 0 Å². The summed E-state index contributed by atoms with van der Waals surface area (Å²) in [6.45, 7) is 0. The van der Waals surface area contributed by atoms with Crippen molar-refractivity contribution in [1.29, 1.82) is 0 Å². The molecule has 1 radical (unpaired) electrons. The molecule has 0 aliphatic rings. The van der Waals surface area contributed by atoms with Crippen molar-refractivity contribution in [2.45, 2.75) is 0 Å². The molecule has 41 valence electrons. The first kappa shape index (κ1) is 16.1. The van der Waals surface area contributed by atoms with E-state index >= 15 is 0 Å². The number of hydrogen-bond donors (Lipinski definition) is 2. The van der Waals surface area contributed by atoms with Gasteiger partial charge >= 0.3 is 59.3 Å². The normalized spacial score (nSPS) is 8.29. The van der Waals surface area contributed by atoms with Gasteiger partial charge in [0.1, 0.15) is 0 Å². The Bertz CT molecular complexity index is 102. The van der Waals surface area contributed by atoms with Gasteiger partial charge in [0.15, 0.2) is 0 Å². The van der Waals surface area contributed by atoms with Crippen molar-refractivity contribution in [3.8, 4) is 0 Å². The molecular weight excluding hydrogens is 414 g/mol. The molecule has 0 spiro atoms. The van der Waals surface area contributed by atoms with E-state index in [9.17, 15) is 0 Å². The quantitative estimate of drug-likeness (QED) is 0.399. The predicted octanol–water partition coefficient (Wildman–Crippen LogP) is -0.811. The average molecular weight is 418 g/mol. The summed E-state index contributed by atoms with van der Waals surface area (Å²) < 4.78 is 31.6. The Morgan fingerprint density at radius 2 is 1.29 bits per heavy atom. The van der Waals surface area contributed by atoms with E-state index in [1.54, 1.807) is 0 Å². The molecule has 2 N–H and O–H groups in total. The summed E-state index contributed by atoms with van der Waals surface area (Å²) in [6, 6.07) is 0. The van der Waals surface area contributed by atoms with Gasteiger partial charge in [0.25, 0.3) is 0 Å². The standard InChI is InChI=1S/Ba.H2O4S.Ta.2H/c;1-5(2,3)4;;;/h;(H2,1,2,3,4);;;/q+2;;;2*-1. The van der Waals surface area contributed by atoms with E-state index in [2.05, 4.69) is 0 Å². The smallest absolute Gasteiger partial charge is 1.00 e. The zero-order valence-corrected chi connectivity index (χ0v) is 11.7. The zero-order chi connectivity index (χ0) is 4.50. The van der Waals surface area contributed by atoms with Crippen molar-refractivity contribution in [2.24, 2.45) is 0 Å². The Labute approximate surface area is 100 Å². The molecule has 7 heteroatoms. The van der Waals surface area contributed by atoms with Gasteiger partial charge in [-0.1, -0.05) is 0 Å². The third kappa shape index (κ3) is 65.7. The van der Waals surface area contributed by atoms with Crippen LogP contribution in [0.5, 0.6) is 0 Å². The van der Waals surface area contributed by atoms with Crippen molar-refractivity contribution in [3.05, 3.63) is 0 Å². The topological polar surface area (TPSA) is 74.6 Å². The molecule has 0 amide bonds. The SMILES string of the molecule is O=S(=O)(O)O.[Ba+2].[H-].[H-].[Ta]. The van der Waals surface area contributed by atoms with Crippen LogP contribution >= 0.6 is 0 Å². The van der Waals surface area contributed by atoms with Crippen LogP contribution in [0.2, 0.25) is 0 Å². The molecule has 0 rings (SSSR count). The first-order valence-corrected chi connectivity index (χ1v) is 2.10. The van der Waals surface area contributed by atoms with Gasteiger partial charge in [-0.2, -0.15) is 8.42 Å². The van der Waals surface area contributed by atoms with Gasteiger partial charge in [-0.15, -0.1) is 0 Å². The maximum absolute atomic E-state index is 8.74. The van der Waals surface area contributed by atoms with Crippen molar-refractivity contribution < 1.29 is 42.8 Å². The first-order valence-electron chi connectivity index (χ1n) is 0.698. The summed E-state index contributed by atoms with van der Waals surface area (Å²) in [7, 11) is -4.67. The molecule has 0 aromatic carbocycles. The fourth-order valence-corrected chi connectivity index (χ4v) is 0. The Morgan fingerprint density at radius 1 is 1.29 bits per heavy atom. The van der Waals surface area contributed by atoms with E-state index in [4.69, 9.17) is 17.5 Å². The van der Waals surface area contributed by atoms with Gasteiger partial charge in [0, 0.05) is 22.4 Å². The Balaban J connectivity index is -0.0000000133. The minimum absolute atomic E-state index is 0. The van der Waals surface area contributed by atoms with Crippen LogP contribution in [0.3, 0.4) is 0 Å². The number of rotatable bonds is 0. The fraction of sp³-hybridized carbons (Fsp3) is 0. The van der Waals surface area contributed by atoms with Gasteiger partial charge in [0.2, 0.25) is 0 Å². The van der Waals surface area contributed by atoms with Crippen LogP contribution in [0.25, 0.3) is 0 Å². The second-order valence-electron chi connectivity index (χ2n) is 0.448. The molecule has 0 aromatic rings. The van der Waals surface area contributed by atoms with Gasteiger partial charge in [-0.3, -0.25) is 9.11 Å². The molecule has 0 aromatic heterocycles. The summed E-state index contributed by atoms with van der Waals surface area (Å²) in [5.41, 5.74) is 0. The summed E-state index contributed by atoms with van der Waals surface area (Å²) >= 11 is 0. The molecule has 0 aliphatic carbocycles. The van der Waals surface area contributed by atoms with Crippen molar-refractivity contribution >= 4 is 59.3 Å². The van der Waals surface area contributed by atoms with Crippen LogP contribution in [0.15, 0.2) is 0 Å². The van der Waals surface area contributed by atoms with E-state index < -0.39 is 10.4 Å². The molecule has 0 saturated carbocycles. The number of hydrogen-bond acceptors (Lipinski definition) is 2. The predicted molar refractivity (Wildman–Crippen MR) is 22.2 cm³/mol. The Hall–Kier alpha value is 2.18. The first-order chi connectivity index (χ1) is 2.00. The molecule has 0 atom stereocenters. The van der Waals surface area contributed by atoms with E-state index in [0.29, 0.717) is 0 Å². The maximum Gasteiger partial charge on any atom is 2.00 e. The molecule has 0 fully saturated rings. The van der Waals surface area contributed by atoms with Crippen LogP contribution in [0.1, 0.15) is 2.85 Å². The molecular formula is H4BaO4STa. The molecule has 0 saturated heterocycles. The van der Waals surface area contributed by atoms with Crippen molar-refractivity contribution in [1.82, 2.24) is 0 Å². The largest absolute Gasteiger partial charge is 2.00 e. The minimum Gasteiger partial charge on any atom is -1.00 e. The third-order valence-electron chi connectivity index (χ3n) is 0. The third-order valence-corrected chi connectivity index (χ3v) is 0. The van der Waals surface area contributed by atoms with Gasteiger partial charge in [-0.05, 0) is 0 Å². The Morgan fingerprint density at radius 3 is 1.29 bits per heavy atom. The zero-order valence-electron chi connectivity index (χ0n) is 5.27. The molecule has 7 heavy (non-hydrogen) atoms. The van der Waals surface area contributed by atoms with Crippen LogP contribution in [0.4, 0.5) is 0 Å². The maximum atomic E-state index is 8.74. The molecule has 0 bridgehead atoms. The van der Waals surface area contributed by atoms with Crippen molar-refractivity contribution in [3.63, 3.8) is 0 Å². The van der Waals surface area contributed by atoms with E-state index in [1.165, 1.54) is 0 Å². The summed E-state index contributed by atoms with van der Waals surface area (Å²) in [5.74, 6) is 0. The average Bonchev–Trinajstić information content (AvgIpc) is 0.722. The van der Waals surface area contributed by atoms with E-state index in [0.717, 1.165) is 0 Å².